The largest absolute Gasteiger partial charge is 0.395 e. The molecule has 0 bridgehead atoms. The molecule has 1 aliphatic heterocycles. The van der Waals surface area contributed by atoms with Gasteiger partial charge in [0.25, 0.3) is 0 Å². The lowest BCUT2D eigenvalue weighted by Gasteiger charge is -2.38. The first kappa shape index (κ1) is 17.0. The Kier molecular flexibility index (Phi) is 5.58. The van der Waals surface area contributed by atoms with Crippen LogP contribution in [-0.4, -0.2) is 69.4 Å². The van der Waals surface area contributed by atoms with Crippen molar-refractivity contribution in [2.75, 3.05) is 32.8 Å². The Morgan fingerprint density at radius 2 is 1.91 bits per heavy atom. The third-order valence-corrected chi connectivity index (χ3v) is 4.85. The molecule has 0 saturated carbocycles. The Morgan fingerprint density at radius 3 is 2.36 bits per heavy atom. The summed E-state index contributed by atoms with van der Waals surface area (Å²) >= 11 is 0. The lowest BCUT2D eigenvalue weighted by Crippen LogP contribution is -2.53. The molecule has 124 valence electrons. The van der Waals surface area contributed by atoms with Crippen molar-refractivity contribution in [2.45, 2.75) is 39.7 Å². The number of aliphatic hydroxyl groups excluding tert-OH is 1. The van der Waals surface area contributed by atoms with Crippen LogP contribution >= 0.6 is 0 Å². The molecule has 0 aromatic carbocycles. The third kappa shape index (κ3) is 3.50. The van der Waals surface area contributed by atoms with Crippen molar-refractivity contribution in [3.05, 3.63) is 17.0 Å². The van der Waals surface area contributed by atoms with Crippen LogP contribution in [0.15, 0.2) is 0 Å². The number of hydrogen-bond acceptors (Lipinski definition) is 4. The minimum Gasteiger partial charge on any atom is -0.395 e. The molecular formula is C16H28N4O2. The molecule has 6 nitrogen and oxygen atoms in total. The molecule has 1 atom stereocenters. The molecule has 2 heterocycles. The molecule has 1 aromatic rings. The van der Waals surface area contributed by atoms with Crippen LogP contribution in [0.25, 0.3) is 0 Å². The van der Waals surface area contributed by atoms with E-state index in [-0.39, 0.29) is 18.6 Å². The molecule has 0 spiro atoms. The highest BCUT2D eigenvalue weighted by atomic mass is 16.3. The van der Waals surface area contributed by atoms with E-state index in [1.54, 1.807) is 0 Å². The highest BCUT2D eigenvalue weighted by Gasteiger charge is 2.25. The molecule has 0 aliphatic carbocycles. The van der Waals surface area contributed by atoms with Gasteiger partial charge in [0.1, 0.15) is 0 Å². The third-order valence-electron chi connectivity index (χ3n) is 4.85. The highest BCUT2D eigenvalue weighted by Crippen LogP contribution is 2.15. The zero-order valence-corrected chi connectivity index (χ0v) is 14.2. The van der Waals surface area contributed by atoms with Gasteiger partial charge in [-0.2, -0.15) is 5.10 Å². The van der Waals surface area contributed by atoms with Gasteiger partial charge in [-0.25, -0.2) is 0 Å². The summed E-state index contributed by atoms with van der Waals surface area (Å²) in [5.74, 6) is 0.177. The summed E-state index contributed by atoms with van der Waals surface area (Å²) < 4.78 is 1.84. The maximum atomic E-state index is 12.5. The van der Waals surface area contributed by atoms with Gasteiger partial charge < -0.3 is 10.0 Å². The van der Waals surface area contributed by atoms with Crippen LogP contribution in [0.3, 0.4) is 0 Å². The molecule has 1 amide bonds. The first-order valence-electron chi connectivity index (χ1n) is 8.09. The van der Waals surface area contributed by atoms with E-state index in [9.17, 15) is 9.90 Å². The Labute approximate surface area is 132 Å². The molecule has 6 heteroatoms. The van der Waals surface area contributed by atoms with E-state index >= 15 is 0 Å². The minimum absolute atomic E-state index is 0.177. The second kappa shape index (κ2) is 7.24. The summed E-state index contributed by atoms with van der Waals surface area (Å²) in [7, 11) is 1.91. The van der Waals surface area contributed by atoms with E-state index in [4.69, 9.17) is 0 Å². The van der Waals surface area contributed by atoms with E-state index in [0.717, 1.165) is 49.6 Å². The van der Waals surface area contributed by atoms with Crippen molar-refractivity contribution in [2.24, 2.45) is 7.05 Å². The van der Waals surface area contributed by atoms with E-state index in [1.165, 1.54) is 0 Å². The Hall–Kier alpha value is -1.40. The summed E-state index contributed by atoms with van der Waals surface area (Å²) in [6, 6.07) is 0.222. The average molecular weight is 308 g/mol. The maximum Gasteiger partial charge on any atom is 0.227 e. The molecule has 2 rings (SSSR count). The SMILES string of the molecule is CCC(CO)N1CCN(C(=O)Cc2c(C)nn(C)c2C)CC1. The van der Waals surface area contributed by atoms with Gasteiger partial charge in [0.05, 0.1) is 18.7 Å². The lowest BCUT2D eigenvalue weighted by molar-refractivity contribution is -0.132. The first-order valence-corrected chi connectivity index (χ1v) is 8.09. The van der Waals surface area contributed by atoms with Crippen molar-refractivity contribution in [3.8, 4) is 0 Å². The van der Waals surface area contributed by atoms with Gasteiger partial charge in [-0.15, -0.1) is 0 Å². The predicted molar refractivity (Wildman–Crippen MR) is 85.7 cm³/mol. The van der Waals surface area contributed by atoms with Crippen LogP contribution in [-0.2, 0) is 18.3 Å². The second-order valence-corrected chi connectivity index (χ2v) is 6.11. The van der Waals surface area contributed by atoms with Crippen molar-refractivity contribution >= 4 is 5.91 Å². The molecule has 1 N–H and O–H groups in total. The standard InChI is InChI=1S/C16H28N4O2/c1-5-14(11-21)19-6-8-20(9-7-19)16(22)10-15-12(2)17-18(4)13(15)3/h14,21H,5-11H2,1-4H3. The summed E-state index contributed by atoms with van der Waals surface area (Å²) in [5, 5.41) is 13.8. The zero-order chi connectivity index (χ0) is 16.3. The van der Waals surface area contributed by atoms with Crippen LogP contribution < -0.4 is 0 Å². The van der Waals surface area contributed by atoms with Gasteiger partial charge in [0.2, 0.25) is 5.91 Å². The number of rotatable bonds is 5. The summed E-state index contributed by atoms with van der Waals surface area (Å²) in [6.07, 6.45) is 1.38. The van der Waals surface area contributed by atoms with Gasteiger partial charge >= 0.3 is 0 Å². The number of carbonyl (C=O) groups is 1. The van der Waals surface area contributed by atoms with E-state index < -0.39 is 0 Å². The summed E-state index contributed by atoms with van der Waals surface area (Å²) in [6.45, 7) is 9.42. The zero-order valence-electron chi connectivity index (χ0n) is 14.2. The molecule has 1 saturated heterocycles. The topological polar surface area (TPSA) is 61.6 Å². The number of aromatic nitrogens is 2. The van der Waals surface area contributed by atoms with Crippen LogP contribution in [0.4, 0.5) is 0 Å². The minimum atomic E-state index is 0.177. The number of carbonyl (C=O) groups excluding carboxylic acids is 1. The van der Waals surface area contributed by atoms with Gasteiger partial charge in [-0.05, 0) is 20.3 Å². The Morgan fingerprint density at radius 1 is 1.27 bits per heavy atom. The van der Waals surface area contributed by atoms with E-state index in [1.807, 2.05) is 30.5 Å². The van der Waals surface area contributed by atoms with E-state index in [2.05, 4.69) is 16.9 Å². The van der Waals surface area contributed by atoms with Crippen molar-refractivity contribution < 1.29 is 9.90 Å². The smallest absolute Gasteiger partial charge is 0.227 e. The van der Waals surface area contributed by atoms with Gasteiger partial charge in [-0.3, -0.25) is 14.4 Å². The quantitative estimate of drug-likeness (QED) is 0.860. The molecule has 0 radical (unpaired) electrons. The molecule has 1 unspecified atom stereocenters. The molecular weight excluding hydrogens is 280 g/mol. The van der Waals surface area contributed by atoms with Crippen LogP contribution in [0.1, 0.15) is 30.3 Å². The predicted octanol–water partition coefficient (Wildman–Crippen LogP) is 0.495. The first-order chi connectivity index (χ1) is 10.5. The maximum absolute atomic E-state index is 12.5. The molecule has 1 aliphatic rings. The molecule has 1 aromatic heterocycles. The monoisotopic (exact) mass is 308 g/mol. The number of aryl methyl sites for hydroxylation is 2. The Balaban J connectivity index is 1.93. The number of nitrogens with zero attached hydrogens (tertiary/aromatic N) is 4. The number of piperazine rings is 1. The van der Waals surface area contributed by atoms with Gasteiger partial charge in [-0.1, -0.05) is 6.92 Å². The normalized spacial score (nSPS) is 17.8. The van der Waals surface area contributed by atoms with Crippen molar-refractivity contribution in [1.82, 2.24) is 19.6 Å². The van der Waals surface area contributed by atoms with Crippen LogP contribution in [0, 0.1) is 13.8 Å². The number of amides is 1. The molecule has 1 fully saturated rings. The number of hydrogen-bond donors (Lipinski definition) is 1. The fourth-order valence-electron chi connectivity index (χ4n) is 3.18. The van der Waals surface area contributed by atoms with Crippen LogP contribution in [0.2, 0.25) is 0 Å². The molecule has 22 heavy (non-hydrogen) atoms. The Bertz CT molecular complexity index is 514. The van der Waals surface area contributed by atoms with Crippen molar-refractivity contribution in [3.63, 3.8) is 0 Å². The fraction of sp³-hybridized carbons (Fsp3) is 0.750. The average Bonchev–Trinajstić information content (AvgIpc) is 2.75. The van der Waals surface area contributed by atoms with Gasteiger partial charge in [0, 0.05) is 50.5 Å². The van der Waals surface area contributed by atoms with Crippen LogP contribution in [0.5, 0.6) is 0 Å². The van der Waals surface area contributed by atoms with Gasteiger partial charge in [0.15, 0.2) is 0 Å². The fourth-order valence-corrected chi connectivity index (χ4v) is 3.18. The second-order valence-electron chi connectivity index (χ2n) is 6.11. The summed E-state index contributed by atoms with van der Waals surface area (Å²) in [5.41, 5.74) is 3.06. The summed E-state index contributed by atoms with van der Waals surface area (Å²) in [4.78, 5) is 16.7. The van der Waals surface area contributed by atoms with E-state index in [0.29, 0.717) is 6.42 Å². The lowest BCUT2D eigenvalue weighted by atomic mass is 10.1. The highest BCUT2D eigenvalue weighted by molar-refractivity contribution is 5.79. The number of aliphatic hydroxyl groups is 1. The van der Waals surface area contributed by atoms with Crippen molar-refractivity contribution in [1.29, 1.82) is 0 Å².